The number of nitrogens with zero attached hydrogens (tertiary/aromatic N) is 1. The van der Waals surface area contributed by atoms with E-state index in [1.807, 2.05) is 12.1 Å². The number of hydrogen-bond donors (Lipinski definition) is 0. The molecule has 0 bridgehead atoms. The first-order valence-electron chi connectivity index (χ1n) is 6.57. The lowest BCUT2D eigenvalue weighted by atomic mass is 9.88. The molecule has 0 N–H and O–H groups in total. The second-order valence-corrected chi connectivity index (χ2v) is 6.12. The highest BCUT2D eigenvalue weighted by atomic mass is 19.1. The van der Waals surface area contributed by atoms with Gasteiger partial charge in [-0.3, -0.25) is 0 Å². The molecule has 1 aliphatic rings. The van der Waals surface area contributed by atoms with Crippen LogP contribution in [0.25, 0.3) is 0 Å². The molecule has 3 heteroatoms. The number of hydrogen-bond acceptors (Lipinski definition) is 2. The van der Waals surface area contributed by atoms with Gasteiger partial charge in [0.2, 0.25) is 0 Å². The highest BCUT2D eigenvalue weighted by Crippen LogP contribution is 2.26. The average Bonchev–Trinajstić information content (AvgIpc) is 2.31. The lowest BCUT2D eigenvalue weighted by molar-refractivity contribution is 0.122. The Morgan fingerprint density at radius 1 is 1.22 bits per heavy atom. The van der Waals surface area contributed by atoms with Gasteiger partial charge in [0.25, 0.3) is 0 Å². The monoisotopic (exact) mass is 251 g/mol. The van der Waals surface area contributed by atoms with Gasteiger partial charge in [0.15, 0.2) is 0 Å². The maximum atomic E-state index is 13.9. The summed E-state index contributed by atoms with van der Waals surface area (Å²) in [7, 11) is 0. The van der Waals surface area contributed by atoms with Gasteiger partial charge in [0, 0.05) is 13.1 Å². The molecule has 0 amide bonds. The molecular formula is C15H22FNO. The summed E-state index contributed by atoms with van der Waals surface area (Å²) in [6, 6.07) is 5.47. The van der Waals surface area contributed by atoms with Crippen LogP contribution in [0.4, 0.5) is 10.1 Å². The van der Waals surface area contributed by atoms with Gasteiger partial charge < -0.3 is 9.64 Å². The number of ether oxygens (including phenoxy) is 1. The summed E-state index contributed by atoms with van der Waals surface area (Å²) in [5.74, 6) is -0.130. The summed E-state index contributed by atoms with van der Waals surface area (Å²) in [5, 5.41) is 0. The second kappa shape index (κ2) is 5.27. The van der Waals surface area contributed by atoms with E-state index < -0.39 is 0 Å². The van der Waals surface area contributed by atoms with Gasteiger partial charge in [0.05, 0.1) is 18.9 Å². The average molecular weight is 251 g/mol. The van der Waals surface area contributed by atoms with Crippen molar-refractivity contribution >= 4 is 5.69 Å². The van der Waals surface area contributed by atoms with Crippen LogP contribution >= 0.6 is 0 Å². The standard InChI is InChI=1S/C15H22FNO/c1-15(2,3)11-12-4-5-13(16)14(10-12)17-6-8-18-9-7-17/h4-5,10H,6-9,11H2,1-3H3. The predicted molar refractivity (Wildman–Crippen MR) is 72.6 cm³/mol. The quantitative estimate of drug-likeness (QED) is 0.800. The first-order valence-corrected chi connectivity index (χ1v) is 6.57. The highest BCUT2D eigenvalue weighted by Gasteiger charge is 2.17. The van der Waals surface area contributed by atoms with E-state index in [2.05, 4.69) is 25.7 Å². The van der Waals surface area contributed by atoms with Crippen molar-refractivity contribution in [1.82, 2.24) is 0 Å². The van der Waals surface area contributed by atoms with Crippen molar-refractivity contribution in [2.45, 2.75) is 27.2 Å². The minimum Gasteiger partial charge on any atom is -0.378 e. The number of anilines is 1. The molecule has 18 heavy (non-hydrogen) atoms. The molecule has 1 fully saturated rings. The van der Waals surface area contributed by atoms with Gasteiger partial charge in [0.1, 0.15) is 5.82 Å². The summed E-state index contributed by atoms with van der Waals surface area (Å²) in [5.41, 5.74) is 2.14. The third-order valence-corrected chi connectivity index (χ3v) is 3.10. The van der Waals surface area contributed by atoms with Gasteiger partial charge in [-0.15, -0.1) is 0 Å². The molecule has 0 saturated carbocycles. The number of benzene rings is 1. The van der Waals surface area contributed by atoms with Crippen molar-refractivity contribution in [2.24, 2.45) is 5.41 Å². The molecule has 0 unspecified atom stereocenters. The molecule has 0 aromatic heterocycles. The van der Waals surface area contributed by atoms with Crippen molar-refractivity contribution in [3.05, 3.63) is 29.6 Å². The Bertz CT molecular complexity index is 405. The molecule has 0 aliphatic carbocycles. The van der Waals surface area contributed by atoms with Crippen LogP contribution in [-0.2, 0) is 11.2 Å². The van der Waals surface area contributed by atoms with Crippen LogP contribution in [-0.4, -0.2) is 26.3 Å². The summed E-state index contributed by atoms with van der Waals surface area (Å²) in [6.07, 6.45) is 0.963. The Kier molecular flexibility index (Phi) is 3.91. The highest BCUT2D eigenvalue weighted by molar-refractivity contribution is 5.50. The van der Waals surface area contributed by atoms with Crippen LogP contribution in [0.3, 0.4) is 0 Å². The van der Waals surface area contributed by atoms with Crippen molar-refractivity contribution in [3.8, 4) is 0 Å². The zero-order valence-electron chi connectivity index (χ0n) is 11.5. The predicted octanol–water partition coefficient (Wildman–Crippen LogP) is 3.25. The Hall–Kier alpha value is -1.09. The fourth-order valence-electron chi connectivity index (χ4n) is 2.33. The molecule has 2 nitrogen and oxygen atoms in total. The van der Waals surface area contributed by atoms with E-state index in [0.717, 1.165) is 25.2 Å². The minimum absolute atomic E-state index is 0.130. The zero-order valence-corrected chi connectivity index (χ0v) is 11.5. The number of rotatable bonds is 2. The molecule has 2 rings (SSSR count). The molecule has 100 valence electrons. The Morgan fingerprint density at radius 3 is 2.50 bits per heavy atom. The lowest BCUT2D eigenvalue weighted by Crippen LogP contribution is -2.36. The molecular weight excluding hydrogens is 229 g/mol. The third kappa shape index (κ3) is 3.45. The molecule has 0 atom stereocenters. The molecule has 1 saturated heterocycles. The Labute approximate surface area is 109 Å². The van der Waals surface area contributed by atoms with Gasteiger partial charge in [-0.25, -0.2) is 4.39 Å². The number of halogens is 1. The summed E-state index contributed by atoms with van der Waals surface area (Å²) in [4.78, 5) is 2.07. The summed E-state index contributed by atoms with van der Waals surface area (Å²) >= 11 is 0. The topological polar surface area (TPSA) is 12.5 Å². The fraction of sp³-hybridized carbons (Fsp3) is 0.600. The van der Waals surface area contributed by atoms with Crippen molar-refractivity contribution in [1.29, 1.82) is 0 Å². The SMILES string of the molecule is CC(C)(C)Cc1ccc(F)c(N2CCOCC2)c1. The molecule has 1 heterocycles. The Morgan fingerprint density at radius 2 is 1.89 bits per heavy atom. The fourth-order valence-corrected chi connectivity index (χ4v) is 2.33. The van der Waals surface area contributed by atoms with Crippen LogP contribution in [0, 0.1) is 11.2 Å². The van der Waals surface area contributed by atoms with E-state index in [-0.39, 0.29) is 11.2 Å². The van der Waals surface area contributed by atoms with E-state index in [0.29, 0.717) is 13.2 Å². The second-order valence-electron chi connectivity index (χ2n) is 6.12. The van der Waals surface area contributed by atoms with E-state index in [4.69, 9.17) is 4.74 Å². The van der Waals surface area contributed by atoms with Gasteiger partial charge >= 0.3 is 0 Å². The van der Waals surface area contributed by atoms with Crippen LogP contribution in [0.2, 0.25) is 0 Å². The maximum absolute atomic E-state index is 13.9. The zero-order chi connectivity index (χ0) is 13.2. The van der Waals surface area contributed by atoms with Gasteiger partial charge in [-0.2, -0.15) is 0 Å². The third-order valence-electron chi connectivity index (χ3n) is 3.10. The smallest absolute Gasteiger partial charge is 0.146 e. The number of morpholine rings is 1. The van der Waals surface area contributed by atoms with Crippen LogP contribution in [0.1, 0.15) is 26.3 Å². The summed E-state index contributed by atoms with van der Waals surface area (Å²) in [6.45, 7) is 9.51. The van der Waals surface area contributed by atoms with E-state index >= 15 is 0 Å². The largest absolute Gasteiger partial charge is 0.378 e. The van der Waals surface area contributed by atoms with Gasteiger partial charge in [-0.05, 0) is 29.5 Å². The molecule has 1 aromatic rings. The van der Waals surface area contributed by atoms with E-state index in [1.165, 1.54) is 5.56 Å². The van der Waals surface area contributed by atoms with E-state index in [9.17, 15) is 4.39 Å². The minimum atomic E-state index is -0.130. The maximum Gasteiger partial charge on any atom is 0.146 e. The molecule has 0 spiro atoms. The van der Waals surface area contributed by atoms with Crippen LogP contribution in [0.5, 0.6) is 0 Å². The van der Waals surface area contributed by atoms with Crippen LogP contribution in [0.15, 0.2) is 18.2 Å². The Balaban J connectivity index is 2.20. The molecule has 1 aliphatic heterocycles. The van der Waals surface area contributed by atoms with E-state index in [1.54, 1.807) is 6.07 Å². The van der Waals surface area contributed by atoms with Crippen molar-refractivity contribution < 1.29 is 9.13 Å². The first-order chi connectivity index (χ1) is 8.46. The summed E-state index contributed by atoms with van der Waals surface area (Å²) < 4.78 is 19.2. The molecule has 0 radical (unpaired) electrons. The lowest BCUT2D eigenvalue weighted by Gasteiger charge is -2.30. The van der Waals surface area contributed by atoms with Gasteiger partial charge in [-0.1, -0.05) is 26.8 Å². The van der Waals surface area contributed by atoms with Crippen molar-refractivity contribution in [2.75, 3.05) is 31.2 Å². The first kappa shape index (κ1) is 13.3. The van der Waals surface area contributed by atoms with Crippen LogP contribution < -0.4 is 4.90 Å². The molecule has 1 aromatic carbocycles. The normalized spacial score (nSPS) is 17.0. The van der Waals surface area contributed by atoms with Crippen molar-refractivity contribution in [3.63, 3.8) is 0 Å².